The number of rotatable bonds is 13. The predicted molar refractivity (Wildman–Crippen MR) is 120 cm³/mol. The molecule has 10 nitrogen and oxygen atoms in total. The molecule has 1 aromatic carbocycles. The number of nitrogens with zero attached hydrogens (tertiary/aromatic N) is 2. The number of hydrogen-bond donors (Lipinski definition) is 4. The third kappa shape index (κ3) is 6.74. The maximum absolute atomic E-state index is 12.3. The Hall–Kier alpha value is -3.02. The Balaban J connectivity index is 1.31. The van der Waals surface area contributed by atoms with E-state index in [9.17, 15) is 14.7 Å². The summed E-state index contributed by atoms with van der Waals surface area (Å²) in [4.78, 5) is 26.9. The molecule has 1 atom stereocenters. The van der Waals surface area contributed by atoms with Crippen LogP contribution in [0.1, 0.15) is 29.4 Å². The molecule has 0 saturated heterocycles. The molecule has 0 fully saturated rings. The minimum Gasteiger partial charge on any atom is -0.473 e. The second-order valence-electron chi connectivity index (χ2n) is 6.99. The molecule has 0 aliphatic rings. The van der Waals surface area contributed by atoms with Crippen LogP contribution in [-0.4, -0.2) is 69.7 Å². The monoisotopic (exact) mass is 461 g/mol. The lowest BCUT2D eigenvalue weighted by Crippen LogP contribution is -2.37. The molecule has 32 heavy (non-hydrogen) atoms. The van der Waals surface area contributed by atoms with Crippen LogP contribution in [0.4, 0.5) is 0 Å². The quantitative estimate of drug-likeness (QED) is 0.221. The summed E-state index contributed by atoms with van der Waals surface area (Å²) >= 11 is 0.993. The van der Waals surface area contributed by atoms with Crippen LogP contribution in [0.3, 0.4) is 0 Å². The zero-order chi connectivity index (χ0) is 22.8. The van der Waals surface area contributed by atoms with Crippen molar-refractivity contribution >= 4 is 34.5 Å². The molecule has 11 heteroatoms. The molecule has 2 aromatic heterocycles. The smallest absolute Gasteiger partial charge is 0.306 e. The van der Waals surface area contributed by atoms with Crippen molar-refractivity contribution in [2.24, 2.45) is 0 Å². The van der Waals surface area contributed by atoms with Gasteiger partial charge in [0.2, 0.25) is 5.88 Å². The van der Waals surface area contributed by atoms with E-state index in [0.717, 1.165) is 22.6 Å². The summed E-state index contributed by atoms with van der Waals surface area (Å²) in [6, 6.07) is 7.62. The summed E-state index contributed by atoms with van der Waals surface area (Å²) < 4.78 is 18.6. The number of aliphatic hydroxyl groups is 1. The van der Waals surface area contributed by atoms with Gasteiger partial charge in [0.15, 0.2) is 0 Å². The number of aromatic amines is 1. The number of benzene rings is 1. The average Bonchev–Trinajstić information content (AvgIpc) is 3.43. The lowest BCUT2D eigenvalue weighted by Gasteiger charge is -2.13. The highest BCUT2D eigenvalue weighted by Crippen LogP contribution is 2.18. The minimum absolute atomic E-state index is 0.0342. The van der Waals surface area contributed by atoms with Gasteiger partial charge in [-0.05, 0) is 13.0 Å². The summed E-state index contributed by atoms with van der Waals surface area (Å²) in [5, 5.41) is 16.9. The lowest BCUT2D eigenvalue weighted by atomic mass is 10.1. The summed E-state index contributed by atoms with van der Waals surface area (Å²) in [5.41, 5.74) is 2.09. The first-order valence-electron chi connectivity index (χ1n) is 10.4. The van der Waals surface area contributed by atoms with E-state index in [-0.39, 0.29) is 24.9 Å². The van der Waals surface area contributed by atoms with Crippen molar-refractivity contribution in [1.29, 1.82) is 0 Å². The number of aromatic nitrogens is 3. The number of H-pyrrole nitrogens is 1. The highest BCUT2D eigenvalue weighted by molar-refractivity contribution is 6.99. The molecule has 1 unspecified atom stereocenters. The molecule has 1 amide bonds. The van der Waals surface area contributed by atoms with Crippen LogP contribution in [0, 0.1) is 0 Å². The van der Waals surface area contributed by atoms with Gasteiger partial charge in [0.25, 0.3) is 5.91 Å². The molecule has 0 aliphatic carbocycles. The van der Waals surface area contributed by atoms with Crippen molar-refractivity contribution in [2.75, 3.05) is 32.8 Å². The Morgan fingerprint density at radius 3 is 2.94 bits per heavy atom. The first-order chi connectivity index (χ1) is 15.6. The molecule has 0 radical (unpaired) electrons. The SMILES string of the molecule is CCOC(=O)CCc1nsnc1OCC(O)CNCCNC(=O)c1c[nH]c2ccccc12. The Bertz CT molecular complexity index is 1020. The number of nitrogens with one attached hydrogen (secondary N) is 3. The zero-order valence-electron chi connectivity index (χ0n) is 17.8. The number of fused-ring (bicyclic) bond motifs is 1. The number of para-hydroxylation sites is 1. The van der Waals surface area contributed by atoms with E-state index in [1.807, 2.05) is 24.3 Å². The van der Waals surface area contributed by atoms with Gasteiger partial charge in [-0.2, -0.15) is 4.37 Å². The Morgan fingerprint density at radius 1 is 1.25 bits per heavy atom. The second kappa shape index (κ2) is 12.1. The third-order valence-corrected chi connectivity index (χ3v) is 5.16. The van der Waals surface area contributed by atoms with Gasteiger partial charge < -0.3 is 30.2 Å². The van der Waals surface area contributed by atoms with Crippen LogP contribution in [-0.2, 0) is 16.0 Å². The van der Waals surface area contributed by atoms with Gasteiger partial charge in [-0.1, -0.05) is 18.2 Å². The van der Waals surface area contributed by atoms with E-state index in [0.29, 0.717) is 49.8 Å². The van der Waals surface area contributed by atoms with Crippen molar-refractivity contribution in [3.05, 3.63) is 41.7 Å². The van der Waals surface area contributed by atoms with Gasteiger partial charge >= 0.3 is 5.97 Å². The van der Waals surface area contributed by atoms with E-state index in [1.54, 1.807) is 13.1 Å². The highest BCUT2D eigenvalue weighted by Gasteiger charge is 2.14. The lowest BCUT2D eigenvalue weighted by molar-refractivity contribution is -0.143. The van der Waals surface area contributed by atoms with Crippen molar-refractivity contribution in [3.8, 4) is 5.88 Å². The molecule has 0 saturated carbocycles. The van der Waals surface area contributed by atoms with Gasteiger partial charge in [0.05, 0.1) is 30.3 Å². The minimum atomic E-state index is -0.765. The van der Waals surface area contributed by atoms with E-state index >= 15 is 0 Å². The molecule has 0 spiro atoms. The number of esters is 1. The fourth-order valence-electron chi connectivity index (χ4n) is 3.04. The fourth-order valence-corrected chi connectivity index (χ4v) is 3.58. The Kier molecular flexibility index (Phi) is 8.96. The van der Waals surface area contributed by atoms with Gasteiger partial charge in [-0.15, -0.1) is 4.37 Å². The molecule has 0 aliphatic heterocycles. The first-order valence-corrected chi connectivity index (χ1v) is 11.1. The van der Waals surface area contributed by atoms with Crippen LogP contribution >= 0.6 is 11.7 Å². The van der Waals surface area contributed by atoms with Crippen molar-refractivity contribution < 1.29 is 24.2 Å². The summed E-state index contributed by atoms with van der Waals surface area (Å²) in [5.74, 6) is -0.128. The number of aryl methyl sites for hydroxylation is 1. The van der Waals surface area contributed by atoms with Crippen LogP contribution in [0.5, 0.6) is 5.88 Å². The Labute approximate surface area is 189 Å². The highest BCUT2D eigenvalue weighted by atomic mass is 32.1. The predicted octanol–water partition coefficient (Wildman–Crippen LogP) is 1.27. The van der Waals surface area contributed by atoms with Gasteiger partial charge in [0, 0.05) is 43.2 Å². The van der Waals surface area contributed by atoms with E-state index < -0.39 is 6.10 Å². The normalized spacial score (nSPS) is 11.9. The van der Waals surface area contributed by atoms with Gasteiger partial charge in [-0.25, -0.2) is 0 Å². The maximum atomic E-state index is 12.3. The summed E-state index contributed by atoms with van der Waals surface area (Å²) in [6.45, 7) is 3.33. The van der Waals surface area contributed by atoms with Crippen LogP contribution < -0.4 is 15.4 Å². The number of aliphatic hydroxyl groups excluding tert-OH is 1. The molecule has 3 rings (SSSR count). The topological polar surface area (TPSA) is 138 Å². The largest absolute Gasteiger partial charge is 0.473 e. The zero-order valence-corrected chi connectivity index (χ0v) is 18.6. The number of amides is 1. The van der Waals surface area contributed by atoms with Crippen LogP contribution in [0.15, 0.2) is 30.5 Å². The maximum Gasteiger partial charge on any atom is 0.306 e. The molecule has 4 N–H and O–H groups in total. The standard InChI is InChI=1S/C21H27N5O5S/c1-2-30-19(28)8-7-18-21(26-32-25-18)31-13-14(27)11-22-9-10-23-20(29)16-12-24-17-6-4-3-5-15(16)17/h3-6,12,14,22,24,27H,2,7-11,13H2,1H3,(H,23,29). The molecule has 172 valence electrons. The second-order valence-corrected chi connectivity index (χ2v) is 7.52. The third-order valence-electron chi connectivity index (χ3n) is 4.61. The van der Waals surface area contributed by atoms with Crippen molar-refractivity contribution in [1.82, 2.24) is 24.4 Å². The fraction of sp³-hybridized carbons (Fsp3) is 0.429. The number of carbonyl (C=O) groups is 2. The molecular weight excluding hydrogens is 434 g/mol. The van der Waals surface area contributed by atoms with Crippen LogP contribution in [0.2, 0.25) is 0 Å². The van der Waals surface area contributed by atoms with Gasteiger partial charge in [0.1, 0.15) is 18.4 Å². The number of ether oxygens (including phenoxy) is 2. The summed E-state index contributed by atoms with van der Waals surface area (Å²) in [6.07, 6.45) is 1.50. The molecular formula is C21H27N5O5S. The summed E-state index contributed by atoms with van der Waals surface area (Å²) in [7, 11) is 0. The molecule has 2 heterocycles. The van der Waals surface area contributed by atoms with E-state index in [2.05, 4.69) is 24.4 Å². The molecule has 3 aromatic rings. The van der Waals surface area contributed by atoms with E-state index in [1.165, 1.54) is 0 Å². The van der Waals surface area contributed by atoms with Crippen molar-refractivity contribution in [3.63, 3.8) is 0 Å². The van der Waals surface area contributed by atoms with E-state index in [4.69, 9.17) is 9.47 Å². The number of carbonyl (C=O) groups excluding carboxylic acids is 2. The number of hydrogen-bond acceptors (Lipinski definition) is 9. The van der Waals surface area contributed by atoms with Gasteiger partial charge in [-0.3, -0.25) is 9.59 Å². The van der Waals surface area contributed by atoms with Crippen LogP contribution in [0.25, 0.3) is 10.9 Å². The Morgan fingerprint density at radius 2 is 2.09 bits per heavy atom. The molecule has 0 bridgehead atoms. The first kappa shape index (κ1) is 23.6. The van der Waals surface area contributed by atoms with Crippen molar-refractivity contribution in [2.45, 2.75) is 25.9 Å². The average molecular weight is 462 g/mol.